The van der Waals surface area contributed by atoms with Crippen LogP contribution in [0.2, 0.25) is 0 Å². The quantitative estimate of drug-likeness (QED) is 0.150. The number of para-hydroxylation sites is 2. The predicted molar refractivity (Wildman–Crippen MR) is 150 cm³/mol. The Labute approximate surface area is 248 Å². The van der Waals surface area contributed by atoms with Crippen molar-refractivity contribution in [1.82, 2.24) is 0 Å². The fourth-order valence-electron chi connectivity index (χ4n) is 5.38. The summed E-state index contributed by atoms with van der Waals surface area (Å²) in [5.41, 5.74) is 2.42. The van der Waals surface area contributed by atoms with E-state index >= 15 is 0 Å². The first kappa shape index (κ1) is 32.2. The summed E-state index contributed by atoms with van der Waals surface area (Å²) in [7, 11) is -4.62. The molecule has 0 bridgehead atoms. The van der Waals surface area contributed by atoms with Crippen molar-refractivity contribution in [3.63, 3.8) is 0 Å². The topological polar surface area (TPSA) is 63.7 Å². The minimum Gasteiger partial charge on any atom is -0.731 e. The summed E-state index contributed by atoms with van der Waals surface area (Å²) in [6.07, 6.45) is 18.1. The second-order valence-corrected chi connectivity index (χ2v) is 11.5. The van der Waals surface area contributed by atoms with Crippen LogP contribution in [-0.2, 0) is 16.8 Å². The Morgan fingerprint density at radius 1 is 0.676 bits per heavy atom. The number of hydrogen-bond donors (Lipinski definition) is 0. The van der Waals surface area contributed by atoms with Gasteiger partial charge in [0.25, 0.3) is 0 Å². The smallest absolute Gasteiger partial charge is 0.731 e. The maximum absolute atomic E-state index is 12.3. The van der Waals surface area contributed by atoms with Crippen LogP contribution in [0.1, 0.15) is 109 Å². The van der Waals surface area contributed by atoms with Crippen molar-refractivity contribution in [3.05, 3.63) is 60.2 Å². The Hall–Kier alpha value is -1.05. The van der Waals surface area contributed by atoms with Gasteiger partial charge in [0.05, 0.1) is 11.4 Å². The van der Waals surface area contributed by atoms with Crippen LogP contribution in [0.15, 0.2) is 54.6 Å². The molecule has 0 saturated carbocycles. The summed E-state index contributed by atoms with van der Waals surface area (Å²) in [5.74, 6) is 0. The first-order valence-electron chi connectivity index (χ1n) is 14.2. The molecular weight excluding hydrogens is 491 g/mol. The molecule has 0 aromatic heterocycles. The van der Waals surface area contributed by atoms with Gasteiger partial charge in [-0.1, -0.05) is 133 Å². The van der Waals surface area contributed by atoms with Crippen molar-refractivity contribution in [2.75, 3.05) is 9.21 Å². The molecule has 1 aliphatic heterocycles. The molecule has 1 unspecified atom stereocenters. The summed E-state index contributed by atoms with van der Waals surface area (Å²) in [6, 6.07) is 17.4. The van der Waals surface area contributed by atoms with Crippen molar-refractivity contribution in [1.29, 1.82) is 0 Å². The van der Waals surface area contributed by atoms with Crippen molar-refractivity contribution in [3.8, 4) is 0 Å². The van der Waals surface area contributed by atoms with E-state index in [2.05, 4.69) is 11.8 Å². The van der Waals surface area contributed by atoms with E-state index in [4.69, 9.17) is 0 Å². The van der Waals surface area contributed by atoms with E-state index in [0.717, 1.165) is 28.4 Å². The number of anilines is 2. The number of unbranched alkanes of at least 4 members (excludes halogenated alkanes) is 13. The van der Waals surface area contributed by atoms with E-state index in [9.17, 15) is 13.0 Å². The number of benzene rings is 2. The van der Waals surface area contributed by atoms with E-state index in [0.29, 0.717) is 18.7 Å². The fraction of sp³-hybridized carbons (Fsp3) is 0.600. The molecule has 0 radical (unpaired) electrons. The van der Waals surface area contributed by atoms with E-state index in [1.54, 1.807) is 12.1 Å². The summed E-state index contributed by atoms with van der Waals surface area (Å²) < 4.78 is 38.0. The Morgan fingerprint density at radius 3 is 1.65 bits per heavy atom. The van der Waals surface area contributed by atoms with Crippen LogP contribution in [0.25, 0.3) is 0 Å². The molecule has 2 aromatic rings. The van der Waals surface area contributed by atoms with Gasteiger partial charge in [0.2, 0.25) is 0 Å². The Kier molecular flexibility index (Phi) is 15.2. The van der Waals surface area contributed by atoms with Gasteiger partial charge in [-0.3, -0.25) is 4.31 Å². The van der Waals surface area contributed by atoms with Gasteiger partial charge < -0.3 is 9.45 Å². The molecule has 37 heavy (non-hydrogen) atoms. The zero-order valence-electron chi connectivity index (χ0n) is 23.1. The third kappa shape index (κ3) is 10.6. The van der Waals surface area contributed by atoms with Crippen LogP contribution in [-0.4, -0.2) is 19.1 Å². The molecule has 1 aliphatic rings. The zero-order valence-corrected chi connectivity index (χ0v) is 25.9. The Balaban J connectivity index is 0.00000481. The van der Waals surface area contributed by atoms with Crippen molar-refractivity contribution >= 4 is 21.7 Å². The van der Waals surface area contributed by atoms with Gasteiger partial charge in [0, 0.05) is 6.54 Å². The van der Waals surface area contributed by atoms with Gasteiger partial charge >= 0.3 is 29.6 Å². The normalized spacial score (nSPS) is 15.0. The third-order valence-electron chi connectivity index (χ3n) is 7.31. The molecule has 2 aromatic carbocycles. The van der Waals surface area contributed by atoms with Gasteiger partial charge in [0.1, 0.15) is 6.17 Å². The molecule has 0 spiro atoms. The molecule has 1 atom stereocenters. The van der Waals surface area contributed by atoms with E-state index < -0.39 is 16.5 Å². The van der Waals surface area contributed by atoms with Crippen molar-refractivity contribution in [2.24, 2.45) is 0 Å². The molecule has 5 nitrogen and oxygen atoms in total. The second kappa shape index (κ2) is 17.5. The molecule has 200 valence electrons. The first-order valence-corrected chi connectivity index (χ1v) is 15.5. The standard InChI is InChI=1S/C30H46N2O3S.Na/c1-2-3-4-5-6-7-8-9-10-11-12-13-14-18-25-30-31(26-27-21-16-15-17-22-27)28-23-19-20-24-29(28)32(30)36(33,34)35;/h15-17,19-24,30H,2-14,18,25-26H2,1H3,(H,33,34,35);/q;+1/p-1. The molecule has 3 rings (SSSR count). The predicted octanol–water partition coefficient (Wildman–Crippen LogP) is 5.17. The molecule has 0 fully saturated rings. The maximum atomic E-state index is 12.3. The van der Waals surface area contributed by atoms with Crippen LogP contribution in [0.3, 0.4) is 0 Å². The van der Waals surface area contributed by atoms with Crippen molar-refractivity contribution in [2.45, 2.75) is 116 Å². The summed E-state index contributed by atoms with van der Waals surface area (Å²) in [4.78, 5) is 2.09. The van der Waals surface area contributed by atoms with Crippen LogP contribution >= 0.6 is 0 Å². The van der Waals surface area contributed by atoms with Crippen LogP contribution in [0.5, 0.6) is 0 Å². The number of nitrogens with zero attached hydrogens (tertiary/aromatic N) is 2. The molecule has 0 saturated heterocycles. The summed E-state index contributed by atoms with van der Waals surface area (Å²) in [6.45, 7) is 2.84. The molecule has 0 aliphatic carbocycles. The fourth-order valence-corrected chi connectivity index (χ4v) is 6.29. The number of hydrogen-bond acceptors (Lipinski definition) is 4. The molecule has 0 N–H and O–H groups in total. The minimum atomic E-state index is -4.62. The Morgan fingerprint density at radius 2 is 1.14 bits per heavy atom. The largest absolute Gasteiger partial charge is 1.00 e. The molecule has 7 heteroatoms. The molecule has 1 heterocycles. The second-order valence-electron chi connectivity index (χ2n) is 10.2. The van der Waals surface area contributed by atoms with Gasteiger partial charge in [-0.2, -0.15) is 0 Å². The Bertz CT molecular complexity index is 987. The van der Waals surface area contributed by atoms with Crippen LogP contribution in [0, 0.1) is 0 Å². The summed E-state index contributed by atoms with van der Waals surface area (Å²) in [5, 5.41) is 0. The van der Waals surface area contributed by atoms with Gasteiger partial charge in [-0.15, -0.1) is 0 Å². The zero-order chi connectivity index (χ0) is 25.6. The number of fused-ring (bicyclic) bond motifs is 1. The maximum Gasteiger partial charge on any atom is 1.00 e. The monoisotopic (exact) mass is 536 g/mol. The van der Waals surface area contributed by atoms with Crippen molar-refractivity contribution < 1.29 is 42.5 Å². The average molecular weight is 537 g/mol. The third-order valence-corrected chi connectivity index (χ3v) is 8.23. The summed E-state index contributed by atoms with van der Waals surface area (Å²) >= 11 is 0. The number of rotatable bonds is 18. The van der Waals surface area contributed by atoms with Crippen LogP contribution < -0.4 is 38.8 Å². The van der Waals surface area contributed by atoms with E-state index in [1.807, 2.05) is 42.5 Å². The van der Waals surface area contributed by atoms with Gasteiger partial charge in [-0.25, -0.2) is 8.42 Å². The minimum absolute atomic E-state index is 0. The average Bonchev–Trinajstić information content (AvgIpc) is 3.18. The molecule has 0 amide bonds. The van der Waals surface area contributed by atoms with Crippen LogP contribution in [0.4, 0.5) is 11.4 Å². The molecular formula is C30H45N2NaO3S. The van der Waals surface area contributed by atoms with Gasteiger partial charge in [0.15, 0.2) is 10.3 Å². The van der Waals surface area contributed by atoms with E-state index in [1.165, 1.54) is 77.0 Å². The van der Waals surface area contributed by atoms with Gasteiger partial charge in [-0.05, 0) is 30.5 Å². The first-order chi connectivity index (χ1) is 17.5. The van der Waals surface area contributed by atoms with E-state index in [-0.39, 0.29) is 29.6 Å². The SMILES string of the molecule is CCCCCCCCCCCCCCCCC1N(Cc2ccccc2)c2ccccc2N1S(=O)(=O)[O-].[Na+].